The highest BCUT2D eigenvalue weighted by molar-refractivity contribution is 5.80. The van der Waals surface area contributed by atoms with Crippen LogP contribution < -0.4 is 0 Å². The topological polar surface area (TPSA) is 37.3 Å². The molecule has 0 saturated heterocycles. The van der Waals surface area contributed by atoms with E-state index in [1.165, 1.54) is 57.1 Å². The number of allylic oxidation sites excluding steroid dienone is 11. The van der Waals surface area contributed by atoms with E-state index in [1.807, 2.05) is 24.3 Å². The Kier molecular flexibility index (Phi) is 15.8. The minimum atomic E-state index is -1.05. The summed E-state index contributed by atoms with van der Waals surface area (Å²) in [6.45, 7) is 2.25. The Labute approximate surface area is 149 Å². The standard InChI is InChI=1S/C22H32O2/c1-2-3-4-5-6-7-8-9-10-11-12-13-14-15-16-17-18-19-20-21-22(23)24/h10-21H,2-9H2,1H3,(H,23,24)/b11-10+,13-12+,15-14+,17-16+,19-18+,21-20+/i19D. The third kappa shape index (κ3) is 19.9. The quantitative estimate of drug-likeness (QED) is 0.223. The van der Waals surface area contributed by atoms with Gasteiger partial charge in [-0.15, -0.1) is 0 Å². The molecule has 0 aromatic rings. The van der Waals surface area contributed by atoms with Crippen LogP contribution in [0.15, 0.2) is 72.9 Å². The molecule has 1 N–H and O–H groups in total. The highest BCUT2D eigenvalue weighted by Crippen LogP contribution is 2.08. The van der Waals surface area contributed by atoms with Crippen molar-refractivity contribution in [2.45, 2.75) is 58.3 Å². The Morgan fingerprint density at radius 1 is 0.792 bits per heavy atom. The van der Waals surface area contributed by atoms with Gasteiger partial charge in [-0.05, 0) is 12.8 Å². The van der Waals surface area contributed by atoms with Crippen molar-refractivity contribution in [1.29, 1.82) is 0 Å². The summed E-state index contributed by atoms with van der Waals surface area (Å²) in [6, 6.07) is 0.149. The van der Waals surface area contributed by atoms with Crippen molar-refractivity contribution in [3.63, 3.8) is 0 Å². The van der Waals surface area contributed by atoms with Crippen LogP contribution in [0, 0.1) is 0 Å². The maximum absolute atomic E-state index is 10.3. The lowest BCUT2D eigenvalue weighted by molar-refractivity contribution is -0.131. The lowest BCUT2D eigenvalue weighted by Crippen LogP contribution is -1.84. The van der Waals surface area contributed by atoms with Crippen molar-refractivity contribution in [2.75, 3.05) is 0 Å². The lowest BCUT2D eigenvalue weighted by Gasteiger charge is -1.98. The molecule has 0 saturated carbocycles. The first-order valence-corrected chi connectivity index (χ1v) is 8.91. The van der Waals surface area contributed by atoms with Gasteiger partial charge in [0.25, 0.3) is 0 Å². The van der Waals surface area contributed by atoms with Crippen LogP contribution in [0.2, 0.25) is 0 Å². The molecule has 2 heteroatoms. The predicted molar refractivity (Wildman–Crippen MR) is 105 cm³/mol. The number of hydrogen-bond donors (Lipinski definition) is 1. The van der Waals surface area contributed by atoms with Gasteiger partial charge in [0.15, 0.2) is 0 Å². The van der Waals surface area contributed by atoms with Gasteiger partial charge >= 0.3 is 5.97 Å². The van der Waals surface area contributed by atoms with E-state index in [2.05, 4.69) is 19.1 Å². The number of carboxylic acids is 1. The Morgan fingerprint density at radius 2 is 1.33 bits per heavy atom. The van der Waals surface area contributed by atoms with Crippen LogP contribution in [0.4, 0.5) is 0 Å². The zero-order valence-electron chi connectivity index (χ0n) is 15.9. The zero-order chi connectivity index (χ0) is 18.6. The Morgan fingerprint density at radius 3 is 1.96 bits per heavy atom. The normalized spacial score (nSPS) is 14.0. The molecule has 0 amide bonds. The van der Waals surface area contributed by atoms with Crippen LogP contribution >= 0.6 is 0 Å². The molecule has 0 aliphatic carbocycles. The predicted octanol–water partition coefficient (Wildman–Crippen LogP) is 6.55. The molecular formula is C22H32O2. The first-order valence-electron chi connectivity index (χ1n) is 9.41. The van der Waals surface area contributed by atoms with Crippen LogP contribution in [0.5, 0.6) is 0 Å². The summed E-state index contributed by atoms with van der Waals surface area (Å²) >= 11 is 0. The van der Waals surface area contributed by atoms with Gasteiger partial charge in [-0.2, -0.15) is 0 Å². The van der Waals surface area contributed by atoms with Crippen molar-refractivity contribution in [1.82, 2.24) is 0 Å². The smallest absolute Gasteiger partial charge is 0.328 e. The highest BCUT2D eigenvalue weighted by atomic mass is 16.4. The molecule has 0 heterocycles. The Hall–Kier alpha value is -2.09. The average Bonchev–Trinajstić information content (AvgIpc) is 2.59. The van der Waals surface area contributed by atoms with Gasteiger partial charge in [-0.3, -0.25) is 0 Å². The summed E-state index contributed by atoms with van der Waals surface area (Å²) in [7, 11) is 0. The average molecular weight is 330 g/mol. The molecule has 0 radical (unpaired) electrons. The fraction of sp³-hybridized carbons (Fsp3) is 0.409. The monoisotopic (exact) mass is 329 g/mol. The SMILES string of the molecule is [2H]C(/C=C/C(=O)O)=C\C=C\C=C\C=C\C=C\CCCCCCCCC. The van der Waals surface area contributed by atoms with E-state index in [9.17, 15) is 4.79 Å². The number of hydrogen-bond acceptors (Lipinski definition) is 1. The van der Waals surface area contributed by atoms with Gasteiger partial charge in [-0.1, -0.05) is 112 Å². The summed E-state index contributed by atoms with van der Waals surface area (Å²) < 4.78 is 7.46. The van der Waals surface area contributed by atoms with Crippen LogP contribution in [-0.2, 0) is 4.79 Å². The van der Waals surface area contributed by atoms with Crippen LogP contribution in [-0.4, -0.2) is 11.1 Å². The summed E-state index contributed by atoms with van der Waals surface area (Å²) in [5, 5.41) is 8.44. The minimum Gasteiger partial charge on any atom is -0.478 e. The number of carbonyl (C=O) groups is 1. The van der Waals surface area contributed by atoms with Crippen molar-refractivity contribution >= 4 is 5.97 Å². The van der Waals surface area contributed by atoms with Crippen LogP contribution in [0.1, 0.15) is 59.7 Å². The van der Waals surface area contributed by atoms with Gasteiger partial charge in [0, 0.05) is 6.08 Å². The third-order valence-electron chi connectivity index (χ3n) is 3.29. The van der Waals surface area contributed by atoms with Gasteiger partial charge in [-0.25, -0.2) is 4.79 Å². The molecule has 0 aliphatic heterocycles. The molecule has 0 fully saturated rings. The summed E-state index contributed by atoms with van der Waals surface area (Å²) in [5.74, 6) is -1.05. The molecule has 0 atom stereocenters. The van der Waals surface area contributed by atoms with E-state index in [1.54, 1.807) is 12.2 Å². The molecule has 0 aliphatic rings. The van der Waals surface area contributed by atoms with Gasteiger partial charge in [0.05, 0.1) is 1.37 Å². The Bertz CT molecular complexity index is 508. The second-order valence-electron chi connectivity index (χ2n) is 5.50. The van der Waals surface area contributed by atoms with Crippen molar-refractivity contribution in [3.8, 4) is 0 Å². The number of carboxylic acid groups (broad SMARTS) is 1. The summed E-state index contributed by atoms with van der Waals surface area (Å²) in [4.78, 5) is 10.3. The maximum atomic E-state index is 10.3. The van der Waals surface area contributed by atoms with Crippen LogP contribution in [0.25, 0.3) is 0 Å². The number of rotatable bonds is 14. The minimum absolute atomic E-state index is 0.149. The molecule has 0 bridgehead atoms. The largest absolute Gasteiger partial charge is 0.478 e. The van der Waals surface area contributed by atoms with Gasteiger partial charge < -0.3 is 5.11 Å². The summed E-state index contributed by atoms with van der Waals surface area (Å²) in [6.07, 6.45) is 29.8. The van der Waals surface area contributed by atoms with E-state index in [-0.39, 0.29) is 6.05 Å². The van der Waals surface area contributed by atoms with Crippen molar-refractivity contribution < 1.29 is 11.3 Å². The third-order valence-corrected chi connectivity index (χ3v) is 3.29. The first-order chi connectivity index (χ1) is 12.2. The summed E-state index contributed by atoms with van der Waals surface area (Å²) in [5.41, 5.74) is 0. The lowest BCUT2D eigenvalue weighted by atomic mass is 10.1. The fourth-order valence-corrected chi connectivity index (χ4v) is 2.00. The fourth-order valence-electron chi connectivity index (χ4n) is 2.00. The second-order valence-corrected chi connectivity index (χ2v) is 5.50. The molecule has 0 unspecified atom stereocenters. The number of aliphatic carboxylic acids is 1. The number of unbranched alkanes of at least 4 members (excludes halogenated alkanes) is 7. The molecule has 2 nitrogen and oxygen atoms in total. The first kappa shape index (κ1) is 20.0. The van der Waals surface area contributed by atoms with Gasteiger partial charge in [0.1, 0.15) is 0 Å². The van der Waals surface area contributed by atoms with E-state index < -0.39 is 5.97 Å². The van der Waals surface area contributed by atoms with Gasteiger partial charge in [0.2, 0.25) is 0 Å². The molecule has 132 valence electrons. The van der Waals surface area contributed by atoms with E-state index in [4.69, 9.17) is 6.48 Å². The molecule has 0 aromatic heterocycles. The van der Waals surface area contributed by atoms with E-state index >= 15 is 0 Å². The van der Waals surface area contributed by atoms with E-state index in [0.717, 1.165) is 12.5 Å². The van der Waals surface area contributed by atoms with E-state index in [0.29, 0.717) is 0 Å². The van der Waals surface area contributed by atoms with Crippen molar-refractivity contribution in [3.05, 3.63) is 72.9 Å². The van der Waals surface area contributed by atoms with Crippen molar-refractivity contribution in [2.24, 2.45) is 0 Å². The molecule has 0 aromatic carbocycles. The highest BCUT2D eigenvalue weighted by Gasteiger charge is 1.88. The van der Waals surface area contributed by atoms with Crippen LogP contribution in [0.3, 0.4) is 0 Å². The molecule has 0 rings (SSSR count). The molecule has 24 heavy (non-hydrogen) atoms. The second kappa shape index (κ2) is 19.0. The molecular weight excluding hydrogens is 296 g/mol. The molecule has 0 spiro atoms. The zero-order valence-corrected chi connectivity index (χ0v) is 14.9. The maximum Gasteiger partial charge on any atom is 0.328 e. The Balaban J connectivity index is 3.72.